The van der Waals surface area contributed by atoms with Gasteiger partial charge in [-0.15, -0.1) is 0 Å². The highest BCUT2D eigenvalue weighted by Gasteiger charge is 2.15. The Hall–Kier alpha value is -1.60. The van der Waals surface area contributed by atoms with Crippen molar-refractivity contribution in [2.75, 3.05) is 26.0 Å². The molecule has 0 aliphatic carbocycles. The second-order valence-corrected chi connectivity index (χ2v) is 5.06. The lowest BCUT2D eigenvalue weighted by molar-refractivity contribution is 0.344. The highest BCUT2D eigenvalue weighted by Crippen LogP contribution is 2.19. The fourth-order valence-corrected chi connectivity index (χ4v) is 1.75. The normalized spacial score (nSPS) is 12.6. The summed E-state index contributed by atoms with van der Waals surface area (Å²) in [5.41, 5.74) is 1.04. The molecule has 98 valence electrons. The van der Waals surface area contributed by atoms with Gasteiger partial charge in [-0.1, -0.05) is 13.8 Å². The number of hydrogen-bond donors (Lipinski definition) is 1. The minimum Gasteiger partial charge on any atom is -0.380 e. The van der Waals surface area contributed by atoms with Gasteiger partial charge in [-0.25, -0.2) is 4.39 Å². The van der Waals surface area contributed by atoms with Crippen LogP contribution in [-0.4, -0.2) is 31.6 Å². The van der Waals surface area contributed by atoms with Gasteiger partial charge in [0.2, 0.25) is 0 Å². The zero-order valence-corrected chi connectivity index (χ0v) is 11.4. The minimum atomic E-state index is -0.384. The van der Waals surface area contributed by atoms with E-state index in [1.807, 2.05) is 20.2 Å². The Morgan fingerprint density at radius 3 is 2.56 bits per heavy atom. The van der Waals surface area contributed by atoms with E-state index < -0.39 is 0 Å². The van der Waals surface area contributed by atoms with E-state index in [1.54, 1.807) is 6.07 Å². The lowest BCUT2D eigenvalue weighted by Gasteiger charge is -2.27. The molecular weight excluding hydrogens is 229 g/mol. The van der Waals surface area contributed by atoms with Crippen LogP contribution in [0.1, 0.15) is 19.4 Å². The molecule has 0 radical (unpaired) electrons. The molecule has 0 spiro atoms. The van der Waals surface area contributed by atoms with Crippen LogP contribution in [0.3, 0.4) is 0 Å². The standard InChI is InChI=1S/C14H20FN3/c1-10(2)14(9-18(3)4)17-13-6-5-12(15)7-11(13)8-16/h5-7,10,14,17H,9H2,1-4H3. The molecule has 0 amide bonds. The molecule has 0 aliphatic rings. The molecular formula is C14H20FN3. The molecule has 0 saturated carbocycles. The van der Waals surface area contributed by atoms with Crippen molar-refractivity contribution in [1.82, 2.24) is 4.90 Å². The van der Waals surface area contributed by atoms with Crippen LogP contribution in [-0.2, 0) is 0 Å². The molecule has 1 aromatic rings. The number of rotatable bonds is 5. The SMILES string of the molecule is CC(C)C(CN(C)C)Nc1ccc(F)cc1C#N. The summed E-state index contributed by atoms with van der Waals surface area (Å²) in [5.74, 6) is 0.0369. The summed E-state index contributed by atoms with van der Waals surface area (Å²) in [6.45, 7) is 5.10. The van der Waals surface area contributed by atoms with Crippen molar-refractivity contribution in [1.29, 1.82) is 5.26 Å². The van der Waals surface area contributed by atoms with Crippen LogP contribution >= 0.6 is 0 Å². The lowest BCUT2D eigenvalue weighted by Crippen LogP contribution is -2.36. The van der Waals surface area contributed by atoms with Gasteiger partial charge in [0.1, 0.15) is 11.9 Å². The largest absolute Gasteiger partial charge is 0.380 e. The lowest BCUT2D eigenvalue weighted by atomic mass is 10.0. The van der Waals surface area contributed by atoms with Crippen LogP contribution in [0.2, 0.25) is 0 Å². The van der Waals surface area contributed by atoms with Gasteiger partial charge in [-0.05, 0) is 38.2 Å². The quantitative estimate of drug-likeness (QED) is 0.872. The fraction of sp³-hybridized carbons (Fsp3) is 0.500. The molecule has 1 N–H and O–H groups in total. The van der Waals surface area contributed by atoms with E-state index in [4.69, 9.17) is 5.26 Å². The molecule has 0 aliphatic heterocycles. The summed E-state index contributed by atoms with van der Waals surface area (Å²) in [6.07, 6.45) is 0. The number of likely N-dealkylation sites (N-methyl/N-ethyl adjacent to an activating group) is 1. The third kappa shape index (κ3) is 4.01. The molecule has 1 unspecified atom stereocenters. The number of anilines is 1. The summed E-state index contributed by atoms with van der Waals surface area (Å²) < 4.78 is 13.1. The molecule has 1 aromatic carbocycles. The average molecular weight is 249 g/mol. The summed E-state index contributed by atoms with van der Waals surface area (Å²) in [4.78, 5) is 2.09. The van der Waals surface area contributed by atoms with Crippen LogP contribution in [0.4, 0.5) is 10.1 Å². The molecule has 0 aromatic heterocycles. The first-order valence-electron chi connectivity index (χ1n) is 6.05. The van der Waals surface area contributed by atoms with Crippen molar-refractivity contribution in [2.24, 2.45) is 5.92 Å². The molecule has 1 rings (SSSR count). The Bertz CT molecular complexity index is 435. The Balaban J connectivity index is 2.90. The monoisotopic (exact) mass is 249 g/mol. The number of hydrogen-bond acceptors (Lipinski definition) is 3. The van der Waals surface area contributed by atoms with Gasteiger partial charge < -0.3 is 10.2 Å². The van der Waals surface area contributed by atoms with Crippen LogP contribution in [0.25, 0.3) is 0 Å². The summed E-state index contributed by atoms with van der Waals surface area (Å²) in [6, 6.07) is 6.49. The number of nitrogens with zero attached hydrogens (tertiary/aromatic N) is 2. The molecule has 0 saturated heterocycles. The van der Waals surface area contributed by atoms with Crippen LogP contribution in [0.5, 0.6) is 0 Å². The summed E-state index contributed by atoms with van der Waals surface area (Å²) in [5, 5.41) is 12.3. The van der Waals surface area contributed by atoms with Crippen molar-refractivity contribution >= 4 is 5.69 Å². The Kier molecular flexibility index (Phi) is 5.11. The first kappa shape index (κ1) is 14.5. The molecule has 0 bridgehead atoms. The predicted octanol–water partition coefficient (Wildman–Crippen LogP) is 2.70. The highest BCUT2D eigenvalue weighted by molar-refractivity contribution is 5.58. The van der Waals surface area contributed by atoms with E-state index in [0.29, 0.717) is 17.2 Å². The first-order chi connectivity index (χ1) is 8.43. The van der Waals surface area contributed by atoms with Gasteiger partial charge in [-0.2, -0.15) is 5.26 Å². The van der Waals surface area contributed by atoms with E-state index in [0.717, 1.165) is 6.54 Å². The smallest absolute Gasteiger partial charge is 0.124 e. The molecule has 1 atom stereocenters. The van der Waals surface area contributed by atoms with Crippen molar-refractivity contribution < 1.29 is 4.39 Å². The number of nitrogens with one attached hydrogen (secondary N) is 1. The highest BCUT2D eigenvalue weighted by atomic mass is 19.1. The summed E-state index contributed by atoms with van der Waals surface area (Å²) in [7, 11) is 4.01. The van der Waals surface area contributed by atoms with E-state index in [2.05, 4.69) is 24.1 Å². The van der Waals surface area contributed by atoms with E-state index in [9.17, 15) is 4.39 Å². The van der Waals surface area contributed by atoms with Crippen molar-refractivity contribution in [3.8, 4) is 6.07 Å². The molecule has 3 nitrogen and oxygen atoms in total. The zero-order valence-electron chi connectivity index (χ0n) is 11.4. The van der Waals surface area contributed by atoms with E-state index in [1.165, 1.54) is 12.1 Å². The maximum atomic E-state index is 13.1. The second-order valence-electron chi connectivity index (χ2n) is 5.06. The zero-order chi connectivity index (χ0) is 13.7. The van der Waals surface area contributed by atoms with E-state index in [-0.39, 0.29) is 11.9 Å². The van der Waals surface area contributed by atoms with Crippen LogP contribution in [0.15, 0.2) is 18.2 Å². The van der Waals surface area contributed by atoms with Gasteiger partial charge in [0.15, 0.2) is 0 Å². The third-order valence-corrected chi connectivity index (χ3v) is 2.81. The molecule has 4 heteroatoms. The Labute approximate surface area is 108 Å². The number of nitriles is 1. The first-order valence-corrected chi connectivity index (χ1v) is 6.05. The summed E-state index contributed by atoms with van der Waals surface area (Å²) >= 11 is 0. The van der Waals surface area contributed by atoms with Crippen molar-refractivity contribution in [2.45, 2.75) is 19.9 Å². The molecule has 18 heavy (non-hydrogen) atoms. The maximum Gasteiger partial charge on any atom is 0.124 e. The molecule has 0 fully saturated rings. The number of halogens is 1. The van der Waals surface area contributed by atoms with Crippen LogP contribution in [0, 0.1) is 23.1 Å². The average Bonchev–Trinajstić information content (AvgIpc) is 2.29. The third-order valence-electron chi connectivity index (χ3n) is 2.81. The van der Waals surface area contributed by atoms with Gasteiger partial charge in [0, 0.05) is 12.6 Å². The topological polar surface area (TPSA) is 39.1 Å². The van der Waals surface area contributed by atoms with Gasteiger partial charge in [-0.3, -0.25) is 0 Å². The maximum absolute atomic E-state index is 13.1. The minimum absolute atomic E-state index is 0.220. The Morgan fingerprint density at radius 2 is 2.06 bits per heavy atom. The second kappa shape index (κ2) is 6.36. The van der Waals surface area contributed by atoms with Gasteiger partial charge >= 0.3 is 0 Å². The van der Waals surface area contributed by atoms with Gasteiger partial charge in [0.05, 0.1) is 11.3 Å². The predicted molar refractivity (Wildman–Crippen MR) is 71.9 cm³/mol. The molecule has 0 heterocycles. The van der Waals surface area contributed by atoms with Crippen molar-refractivity contribution in [3.05, 3.63) is 29.6 Å². The van der Waals surface area contributed by atoms with E-state index >= 15 is 0 Å². The van der Waals surface area contributed by atoms with Gasteiger partial charge in [0.25, 0.3) is 0 Å². The number of benzene rings is 1. The Morgan fingerprint density at radius 1 is 1.39 bits per heavy atom. The fourth-order valence-electron chi connectivity index (χ4n) is 1.75. The van der Waals surface area contributed by atoms with Crippen molar-refractivity contribution in [3.63, 3.8) is 0 Å². The van der Waals surface area contributed by atoms with Crippen LogP contribution < -0.4 is 5.32 Å².